The van der Waals surface area contributed by atoms with Crippen molar-refractivity contribution in [3.63, 3.8) is 0 Å². The van der Waals surface area contributed by atoms with Crippen molar-refractivity contribution in [2.75, 3.05) is 5.75 Å². The Bertz CT molecular complexity index is 660. The van der Waals surface area contributed by atoms with Crippen LogP contribution >= 0.6 is 11.8 Å². The zero-order valence-corrected chi connectivity index (χ0v) is 12.0. The normalized spacial score (nSPS) is 17.6. The minimum absolute atomic E-state index is 0.0420. The molecule has 3 rings (SSSR count). The summed E-state index contributed by atoms with van der Waals surface area (Å²) in [6, 6.07) is 8.82. The summed E-state index contributed by atoms with van der Waals surface area (Å²) in [6.07, 6.45) is 0.831. The summed E-state index contributed by atoms with van der Waals surface area (Å²) in [7, 11) is 0. The first-order chi connectivity index (χ1) is 10.1. The van der Waals surface area contributed by atoms with Gasteiger partial charge < -0.3 is 5.32 Å². The monoisotopic (exact) mass is 309 g/mol. The van der Waals surface area contributed by atoms with Crippen LogP contribution in [-0.4, -0.2) is 5.75 Å². The van der Waals surface area contributed by atoms with Gasteiger partial charge >= 0.3 is 0 Å². The molecule has 2 aromatic rings. The van der Waals surface area contributed by atoms with Gasteiger partial charge in [0, 0.05) is 23.0 Å². The number of fused-ring (bicyclic) bond motifs is 1. The molecule has 0 aromatic heterocycles. The van der Waals surface area contributed by atoms with E-state index < -0.39 is 11.6 Å². The molecular formula is C16H14F3NS. The molecule has 5 heteroatoms. The zero-order valence-electron chi connectivity index (χ0n) is 11.2. The van der Waals surface area contributed by atoms with Gasteiger partial charge in [0.2, 0.25) is 0 Å². The zero-order chi connectivity index (χ0) is 14.8. The van der Waals surface area contributed by atoms with E-state index in [1.54, 1.807) is 23.9 Å². The Morgan fingerprint density at radius 2 is 2.00 bits per heavy atom. The molecule has 0 radical (unpaired) electrons. The molecule has 1 atom stereocenters. The Morgan fingerprint density at radius 3 is 2.86 bits per heavy atom. The van der Waals surface area contributed by atoms with Crippen LogP contribution in [0.15, 0.2) is 41.3 Å². The largest absolute Gasteiger partial charge is 0.306 e. The first-order valence-corrected chi connectivity index (χ1v) is 7.72. The van der Waals surface area contributed by atoms with Gasteiger partial charge in [-0.2, -0.15) is 0 Å². The third-order valence-corrected chi connectivity index (χ3v) is 4.70. The first kappa shape index (κ1) is 14.5. The highest BCUT2D eigenvalue weighted by molar-refractivity contribution is 7.99. The standard InChI is InChI=1S/C16H14F3NS/c17-11-4-5-15-12(8-11)14(6-7-21-15)20-9-10-2-1-3-13(18)16(10)19/h1-5,8,14,20H,6-7,9H2. The van der Waals surface area contributed by atoms with Gasteiger partial charge in [-0.1, -0.05) is 12.1 Å². The fourth-order valence-corrected chi connectivity index (χ4v) is 3.60. The summed E-state index contributed by atoms with van der Waals surface area (Å²) in [5.41, 5.74) is 1.18. The molecule has 1 unspecified atom stereocenters. The minimum atomic E-state index is -0.847. The van der Waals surface area contributed by atoms with Crippen LogP contribution in [0, 0.1) is 17.5 Å². The van der Waals surface area contributed by atoms with Gasteiger partial charge in [0.15, 0.2) is 11.6 Å². The van der Waals surface area contributed by atoms with Crippen molar-refractivity contribution >= 4 is 11.8 Å². The Balaban J connectivity index is 1.78. The van der Waals surface area contributed by atoms with E-state index in [9.17, 15) is 13.2 Å². The summed E-state index contributed by atoms with van der Waals surface area (Å²) in [6.45, 7) is 0.217. The van der Waals surface area contributed by atoms with Crippen LogP contribution < -0.4 is 5.32 Å². The van der Waals surface area contributed by atoms with Gasteiger partial charge in [0.1, 0.15) is 5.82 Å². The van der Waals surface area contributed by atoms with Crippen LogP contribution in [0.4, 0.5) is 13.2 Å². The lowest BCUT2D eigenvalue weighted by molar-refractivity contribution is 0.468. The van der Waals surface area contributed by atoms with E-state index in [4.69, 9.17) is 0 Å². The third kappa shape index (κ3) is 3.09. The molecule has 1 aliphatic heterocycles. The molecule has 0 saturated heterocycles. The lowest BCUT2D eigenvalue weighted by Gasteiger charge is -2.26. The smallest absolute Gasteiger partial charge is 0.163 e. The van der Waals surface area contributed by atoms with Gasteiger partial charge in [-0.15, -0.1) is 11.8 Å². The van der Waals surface area contributed by atoms with Crippen LogP contribution in [0.1, 0.15) is 23.6 Å². The third-order valence-electron chi connectivity index (χ3n) is 3.58. The van der Waals surface area contributed by atoms with Crippen molar-refractivity contribution in [2.24, 2.45) is 0 Å². The highest BCUT2D eigenvalue weighted by Crippen LogP contribution is 2.36. The van der Waals surface area contributed by atoms with Crippen molar-refractivity contribution in [3.8, 4) is 0 Å². The molecule has 110 valence electrons. The van der Waals surface area contributed by atoms with Crippen LogP contribution in [0.3, 0.4) is 0 Å². The second-order valence-electron chi connectivity index (χ2n) is 4.97. The van der Waals surface area contributed by atoms with Crippen LogP contribution in [0.2, 0.25) is 0 Å². The maximum atomic E-state index is 13.6. The van der Waals surface area contributed by atoms with E-state index in [2.05, 4.69) is 5.32 Å². The predicted molar refractivity (Wildman–Crippen MR) is 77.7 cm³/mol. The fourth-order valence-electron chi connectivity index (χ4n) is 2.50. The van der Waals surface area contributed by atoms with Crippen LogP contribution in [0.25, 0.3) is 0 Å². The Labute approximate surface area is 125 Å². The van der Waals surface area contributed by atoms with E-state index in [0.717, 1.165) is 28.7 Å². The maximum absolute atomic E-state index is 13.6. The summed E-state index contributed by atoms with van der Waals surface area (Å²) in [4.78, 5) is 1.04. The molecule has 1 heterocycles. The molecule has 0 bridgehead atoms. The molecule has 1 nitrogen and oxygen atoms in total. The molecule has 0 saturated carbocycles. The molecule has 0 aliphatic carbocycles. The summed E-state index contributed by atoms with van der Waals surface area (Å²) >= 11 is 1.69. The predicted octanol–water partition coefficient (Wildman–Crippen LogP) is 4.43. The maximum Gasteiger partial charge on any atom is 0.163 e. The minimum Gasteiger partial charge on any atom is -0.306 e. The molecule has 0 fully saturated rings. The first-order valence-electron chi connectivity index (χ1n) is 6.73. The number of thioether (sulfide) groups is 1. The highest BCUT2D eigenvalue weighted by Gasteiger charge is 2.21. The Morgan fingerprint density at radius 1 is 1.14 bits per heavy atom. The van der Waals surface area contributed by atoms with Gasteiger partial charge in [-0.05, 0) is 42.0 Å². The fraction of sp³-hybridized carbons (Fsp3) is 0.250. The Kier molecular flexibility index (Phi) is 4.22. The molecule has 0 spiro atoms. The summed E-state index contributed by atoms with van der Waals surface area (Å²) in [5, 5.41) is 3.20. The lowest BCUT2D eigenvalue weighted by atomic mass is 10.0. The topological polar surface area (TPSA) is 12.0 Å². The van der Waals surface area contributed by atoms with E-state index in [1.807, 2.05) is 0 Å². The number of hydrogen-bond donors (Lipinski definition) is 1. The molecular weight excluding hydrogens is 295 g/mol. The second-order valence-corrected chi connectivity index (χ2v) is 6.10. The van der Waals surface area contributed by atoms with Crippen LogP contribution in [0.5, 0.6) is 0 Å². The van der Waals surface area contributed by atoms with Crippen molar-refractivity contribution in [3.05, 3.63) is 65.0 Å². The average Bonchev–Trinajstić information content (AvgIpc) is 2.49. The van der Waals surface area contributed by atoms with Crippen molar-refractivity contribution < 1.29 is 13.2 Å². The molecule has 0 amide bonds. The quantitative estimate of drug-likeness (QED) is 0.900. The highest BCUT2D eigenvalue weighted by atomic mass is 32.2. The van der Waals surface area contributed by atoms with Gasteiger partial charge in [0.25, 0.3) is 0 Å². The van der Waals surface area contributed by atoms with E-state index >= 15 is 0 Å². The molecule has 1 N–H and O–H groups in total. The molecule has 2 aromatic carbocycles. The summed E-state index contributed by atoms with van der Waals surface area (Å²) < 4.78 is 40.2. The van der Waals surface area contributed by atoms with Crippen molar-refractivity contribution in [1.82, 2.24) is 5.32 Å². The van der Waals surface area contributed by atoms with Gasteiger partial charge in [-0.3, -0.25) is 0 Å². The number of rotatable bonds is 3. The van der Waals surface area contributed by atoms with Crippen molar-refractivity contribution in [1.29, 1.82) is 0 Å². The lowest BCUT2D eigenvalue weighted by Crippen LogP contribution is -2.25. The number of hydrogen-bond acceptors (Lipinski definition) is 2. The van der Waals surface area contributed by atoms with Crippen LogP contribution in [-0.2, 0) is 6.54 Å². The number of nitrogens with one attached hydrogen (secondary N) is 1. The molecule has 1 aliphatic rings. The SMILES string of the molecule is Fc1ccc2c(c1)C(NCc1cccc(F)c1F)CCS2. The second kappa shape index (κ2) is 6.12. The van der Waals surface area contributed by atoms with E-state index in [0.29, 0.717) is 0 Å². The van der Waals surface area contributed by atoms with E-state index in [1.165, 1.54) is 18.2 Å². The van der Waals surface area contributed by atoms with Gasteiger partial charge in [-0.25, -0.2) is 13.2 Å². The number of benzene rings is 2. The van der Waals surface area contributed by atoms with Crippen molar-refractivity contribution in [2.45, 2.75) is 23.9 Å². The van der Waals surface area contributed by atoms with Gasteiger partial charge in [0.05, 0.1) is 0 Å². The van der Waals surface area contributed by atoms with E-state index in [-0.39, 0.29) is 24.0 Å². The Hall–Kier alpha value is -1.46. The molecule has 21 heavy (non-hydrogen) atoms. The average molecular weight is 309 g/mol. The number of halogens is 3. The summed E-state index contributed by atoms with van der Waals surface area (Å²) in [5.74, 6) is -1.03.